The third-order valence-electron chi connectivity index (χ3n) is 5.12. The number of rotatable bonds is 14. The first-order valence-corrected chi connectivity index (χ1v) is 11.3. The van der Waals surface area contributed by atoms with E-state index in [0.29, 0.717) is 6.29 Å². The summed E-state index contributed by atoms with van der Waals surface area (Å²) in [5.41, 5.74) is 0.823. The zero-order valence-corrected chi connectivity index (χ0v) is 20.4. The SMILES string of the molecule is CC(=O)N[C@@H](Cc1ccccc1)C(=O)N[C@H](C(=O)N[C@@H](C)C(=O)N[C@H](CC=O)CC(=O)O)C(C)C. The number of hydrogen-bond donors (Lipinski definition) is 5. The quantitative estimate of drug-likeness (QED) is 0.227. The summed E-state index contributed by atoms with van der Waals surface area (Å²) in [5, 5.41) is 19.1. The van der Waals surface area contributed by atoms with Crippen molar-refractivity contribution < 1.29 is 33.9 Å². The van der Waals surface area contributed by atoms with E-state index in [1.807, 2.05) is 30.3 Å². The Morgan fingerprint density at radius 1 is 0.886 bits per heavy atom. The van der Waals surface area contributed by atoms with Gasteiger partial charge in [-0.3, -0.25) is 24.0 Å². The van der Waals surface area contributed by atoms with E-state index in [0.717, 1.165) is 5.56 Å². The van der Waals surface area contributed by atoms with Gasteiger partial charge in [0.2, 0.25) is 23.6 Å². The van der Waals surface area contributed by atoms with E-state index < -0.39 is 60.2 Å². The summed E-state index contributed by atoms with van der Waals surface area (Å²) in [5.74, 6) is -3.77. The van der Waals surface area contributed by atoms with Crippen molar-refractivity contribution >= 4 is 35.9 Å². The molecule has 192 valence electrons. The number of amides is 4. The summed E-state index contributed by atoms with van der Waals surface area (Å²) in [7, 11) is 0. The van der Waals surface area contributed by atoms with Crippen molar-refractivity contribution in [2.45, 2.75) is 71.1 Å². The van der Waals surface area contributed by atoms with Crippen molar-refractivity contribution in [1.29, 1.82) is 0 Å². The molecule has 1 aromatic rings. The van der Waals surface area contributed by atoms with Gasteiger partial charge in [-0.1, -0.05) is 44.2 Å². The molecule has 4 amide bonds. The van der Waals surface area contributed by atoms with E-state index >= 15 is 0 Å². The Bertz CT molecular complexity index is 904. The van der Waals surface area contributed by atoms with E-state index in [1.165, 1.54) is 13.8 Å². The maximum absolute atomic E-state index is 13.0. The highest BCUT2D eigenvalue weighted by atomic mass is 16.4. The molecule has 11 heteroatoms. The molecule has 0 aliphatic carbocycles. The molecular formula is C24H34N4O7. The molecule has 0 saturated heterocycles. The Morgan fingerprint density at radius 2 is 1.51 bits per heavy atom. The first kappa shape index (κ1) is 29.3. The maximum Gasteiger partial charge on any atom is 0.305 e. The van der Waals surface area contributed by atoms with Crippen molar-refractivity contribution in [2.24, 2.45) is 5.92 Å². The number of aliphatic carboxylic acids is 1. The van der Waals surface area contributed by atoms with E-state index in [1.54, 1.807) is 13.8 Å². The fourth-order valence-corrected chi connectivity index (χ4v) is 3.31. The number of aldehydes is 1. The monoisotopic (exact) mass is 490 g/mol. The van der Waals surface area contributed by atoms with Gasteiger partial charge < -0.3 is 31.2 Å². The Labute approximate surface area is 204 Å². The van der Waals surface area contributed by atoms with Gasteiger partial charge in [-0.2, -0.15) is 0 Å². The number of carboxylic acids is 1. The van der Waals surface area contributed by atoms with E-state index in [9.17, 15) is 28.8 Å². The molecule has 0 saturated carbocycles. The van der Waals surface area contributed by atoms with E-state index in [2.05, 4.69) is 21.3 Å². The molecule has 0 spiro atoms. The predicted molar refractivity (Wildman–Crippen MR) is 127 cm³/mol. The fourth-order valence-electron chi connectivity index (χ4n) is 3.31. The maximum atomic E-state index is 13.0. The van der Waals surface area contributed by atoms with Crippen LogP contribution in [0.1, 0.15) is 46.1 Å². The molecule has 4 atom stereocenters. The lowest BCUT2D eigenvalue weighted by Crippen LogP contribution is -2.58. The zero-order valence-electron chi connectivity index (χ0n) is 20.4. The van der Waals surface area contributed by atoms with Gasteiger partial charge >= 0.3 is 5.97 Å². The number of carbonyl (C=O) groups excluding carboxylic acids is 5. The molecule has 1 aromatic carbocycles. The van der Waals surface area contributed by atoms with Crippen molar-refractivity contribution in [3.8, 4) is 0 Å². The Balaban J connectivity index is 2.86. The van der Waals surface area contributed by atoms with Gasteiger partial charge in [-0.25, -0.2) is 0 Å². The molecule has 0 heterocycles. The second-order valence-corrected chi connectivity index (χ2v) is 8.61. The molecule has 0 aliphatic rings. The summed E-state index contributed by atoms with van der Waals surface area (Å²) in [4.78, 5) is 71.6. The number of hydrogen-bond acceptors (Lipinski definition) is 6. The first-order chi connectivity index (χ1) is 16.4. The molecule has 0 fully saturated rings. The number of carbonyl (C=O) groups is 6. The fraction of sp³-hybridized carbons (Fsp3) is 0.500. The summed E-state index contributed by atoms with van der Waals surface area (Å²) in [6.45, 7) is 6.13. The number of carboxylic acid groups (broad SMARTS) is 1. The zero-order chi connectivity index (χ0) is 26.5. The molecule has 5 N–H and O–H groups in total. The highest BCUT2D eigenvalue weighted by molar-refractivity contribution is 5.94. The molecule has 0 aliphatic heterocycles. The highest BCUT2D eigenvalue weighted by Gasteiger charge is 2.30. The molecule has 0 aromatic heterocycles. The van der Waals surface area contributed by atoms with Crippen LogP contribution in [0.2, 0.25) is 0 Å². The van der Waals surface area contributed by atoms with Gasteiger partial charge in [-0.15, -0.1) is 0 Å². The molecule has 35 heavy (non-hydrogen) atoms. The van der Waals surface area contributed by atoms with E-state index in [-0.39, 0.29) is 18.8 Å². The lowest BCUT2D eigenvalue weighted by molar-refractivity contribution is -0.138. The van der Waals surface area contributed by atoms with Crippen LogP contribution in [0.15, 0.2) is 30.3 Å². The van der Waals surface area contributed by atoms with Crippen molar-refractivity contribution in [1.82, 2.24) is 21.3 Å². The average molecular weight is 491 g/mol. The third-order valence-corrected chi connectivity index (χ3v) is 5.12. The molecule has 0 unspecified atom stereocenters. The van der Waals surface area contributed by atoms with Crippen molar-refractivity contribution in [2.75, 3.05) is 0 Å². The van der Waals surface area contributed by atoms with Gasteiger partial charge in [0.25, 0.3) is 0 Å². The largest absolute Gasteiger partial charge is 0.481 e. The van der Waals surface area contributed by atoms with Gasteiger partial charge in [0, 0.05) is 25.8 Å². The minimum Gasteiger partial charge on any atom is -0.481 e. The summed E-state index contributed by atoms with van der Waals surface area (Å²) in [6, 6.07) is 5.20. The standard InChI is InChI=1S/C24H34N4O7/c1-14(2)21(24(35)25-15(3)22(33)27-18(10-11-29)13-20(31)32)28-23(34)19(26-16(4)30)12-17-8-6-5-7-9-17/h5-9,11,14-15,18-19,21H,10,12-13H2,1-4H3,(H,25,35)(H,26,30)(H,27,33)(H,28,34)(H,31,32)/t15-,18+,19-,21-/m0/s1. The normalized spacial score (nSPS) is 14.1. The topological polar surface area (TPSA) is 171 Å². The molecule has 1 rings (SSSR count). The Morgan fingerprint density at radius 3 is 2.03 bits per heavy atom. The van der Waals surface area contributed by atoms with Crippen molar-refractivity contribution in [3.05, 3.63) is 35.9 Å². The minimum atomic E-state index is -1.18. The third kappa shape index (κ3) is 10.8. The van der Waals surface area contributed by atoms with Crippen LogP contribution in [0.25, 0.3) is 0 Å². The Hall–Kier alpha value is -3.76. The number of benzene rings is 1. The van der Waals surface area contributed by atoms with Gasteiger partial charge in [0.1, 0.15) is 24.4 Å². The van der Waals surface area contributed by atoms with Crippen LogP contribution in [0, 0.1) is 5.92 Å². The Kier molecular flexibility index (Phi) is 12.1. The number of nitrogens with one attached hydrogen (secondary N) is 4. The average Bonchev–Trinajstić information content (AvgIpc) is 2.76. The van der Waals surface area contributed by atoms with Crippen molar-refractivity contribution in [3.63, 3.8) is 0 Å². The molecule has 0 bridgehead atoms. The summed E-state index contributed by atoms with van der Waals surface area (Å²) in [6.07, 6.45) is 0.0959. The molecule has 0 radical (unpaired) electrons. The van der Waals surface area contributed by atoms with Gasteiger partial charge in [-0.05, 0) is 18.4 Å². The van der Waals surface area contributed by atoms with Gasteiger partial charge in [0.05, 0.1) is 6.42 Å². The van der Waals surface area contributed by atoms with Crippen LogP contribution >= 0.6 is 0 Å². The lowest BCUT2D eigenvalue weighted by Gasteiger charge is -2.27. The van der Waals surface area contributed by atoms with E-state index in [4.69, 9.17) is 5.11 Å². The van der Waals surface area contributed by atoms with Crippen LogP contribution in [0.4, 0.5) is 0 Å². The van der Waals surface area contributed by atoms with Crippen LogP contribution < -0.4 is 21.3 Å². The predicted octanol–water partition coefficient (Wildman–Crippen LogP) is -0.0722. The molecular weight excluding hydrogens is 456 g/mol. The summed E-state index contributed by atoms with van der Waals surface area (Å²) >= 11 is 0. The lowest BCUT2D eigenvalue weighted by atomic mass is 10.0. The highest BCUT2D eigenvalue weighted by Crippen LogP contribution is 2.07. The second kappa shape index (κ2) is 14.5. The van der Waals surface area contributed by atoms with Crippen LogP contribution in [0.3, 0.4) is 0 Å². The first-order valence-electron chi connectivity index (χ1n) is 11.3. The van der Waals surface area contributed by atoms with Crippen LogP contribution in [-0.2, 0) is 35.2 Å². The van der Waals surface area contributed by atoms with Crippen LogP contribution in [0.5, 0.6) is 0 Å². The van der Waals surface area contributed by atoms with Gasteiger partial charge in [0.15, 0.2) is 0 Å². The molecule has 11 nitrogen and oxygen atoms in total. The minimum absolute atomic E-state index is 0.185. The smallest absolute Gasteiger partial charge is 0.305 e. The second-order valence-electron chi connectivity index (χ2n) is 8.61. The summed E-state index contributed by atoms with van der Waals surface area (Å²) < 4.78 is 0. The van der Waals surface area contributed by atoms with Crippen LogP contribution in [-0.4, -0.2) is 65.2 Å².